The third kappa shape index (κ3) is 5.14. The summed E-state index contributed by atoms with van der Waals surface area (Å²) in [5.41, 5.74) is 9.41. The van der Waals surface area contributed by atoms with Crippen LogP contribution in [0.5, 0.6) is 0 Å². The van der Waals surface area contributed by atoms with Gasteiger partial charge in [0.25, 0.3) is 0 Å². The fraction of sp³-hybridized carbons (Fsp3) is 0.533. The smallest absolute Gasteiger partial charge is 0.138 e. The van der Waals surface area contributed by atoms with Gasteiger partial charge in [0.2, 0.25) is 0 Å². The molecule has 2 heteroatoms. The monoisotopic (exact) mass is 233 g/mol. The molecule has 1 aromatic rings. The molecule has 2 N–H and O–H groups in total. The molecule has 0 radical (unpaired) electrons. The molecular formula is C15H23NO. The highest BCUT2D eigenvalue weighted by molar-refractivity contribution is 5.81. The van der Waals surface area contributed by atoms with Gasteiger partial charge < -0.3 is 5.73 Å². The summed E-state index contributed by atoms with van der Waals surface area (Å²) in [5.74, 6) is 0.246. The zero-order valence-electron chi connectivity index (χ0n) is 11.1. The molecular weight excluding hydrogens is 210 g/mol. The Labute approximate surface area is 104 Å². The second-order valence-electron chi connectivity index (χ2n) is 4.96. The Morgan fingerprint density at radius 1 is 1.24 bits per heavy atom. The number of hydrogen-bond acceptors (Lipinski definition) is 2. The summed E-state index contributed by atoms with van der Waals surface area (Å²) in [4.78, 5) is 11.8. The standard InChI is InChI=1S/C15H23NO/c1-4-5-14(16)10-15(17)9-13-7-11(2)6-12(3)8-13/h6-8,14H,4-5,9-10,16H2,1-3H3. The molecule has 0 aliphatic rings. The number of benzene rings is 1. The van der Waals surface area contributed by atoms with Crippen LogP contribution in [0.1, 0.15) is 42.9 Å². The lowest BCUT2D eigenvalue weighted by Gasteiger charge is -2.09. The molecule has 0 aliphatic carbocycles. The number of aryl methyl sites for hydroxylation is 2. The molecule has 1 atom stereocenters. The summed E-state index contributed by atoms with van der Waals surface area (Å²) < 4.78 is 0. The summed E-state index contributed by atoms with van der Waals surface area (Å²) in [7, 11) is 0. The molecule has 0 fully saturated rings. The molecule has 17 heavy (non-hydrogen) atoms. The molecule has 0 spiro atoms. The van der Waals surface area contributed by atoms with Gasteiger partial charge in [0.1, 0.15) is 5.78 Å². The van der Waals surface area contributed by atoms with E-state index < -0.39 is 0 Å². The predicted molar refractivity (Wildman–Crippen MR) is 72.1 cm³/mol. The van der Waals surface area contributed by atoms with Crippen LogP contribution in [0.25, 0.3) is 0 Å². The highest BCUT2D eigenvalue weighted by atomic mass is 16.1. The van der Waals surface area contributed by atoms with Crippen molar-refractivity contribution in [3.63, 3.8) is 0 Å². The van der Waals surface area contributed by atoms with E-state index in [4.69, 9.17) is 5.73 Å². The van der Waals surface area contributed by atoms with Crippen molar-refractivity contribution in [1.29, 1.82) is 0 Å². The van der Waals surface area contributed by atoms with Crippen LogP contribution >= 0.6 is 0 Å². The van der Waals surface area contributed by atoms with Gasteiger partial charge in [-0.05, 0) is 25.8 Å². The first-order valence-corrected chi connectivity index (χ1v) is 6.35. The van der Waals surface area contributed by atoms with Gasteiger partial charge in [0, 0.05) is 18.9 Å². The Hall–Kier alpha value is -1.15. The maximum atomic E-state index is 11.8. The molecule has 1 unspecified atom stereocenters. The molecule has 0 bridgehead atoms. The molecule has 0 aromatic heterocycles. The van der Waals surface area contributed by atoms with Crippen LogP contribution in [0.4, 0.5) is 0 Å². The maximum Gasteiger partial charge on any atom is 0.138 e. The van der Waals surface area contributed by atoms with E-state index in [0.29, 0.717) is 12.8 Å². The van der Waals surface area contributed by atoms with Crippen molar-refractivity contribution in [2.45, 2.75) is 52.5 Å². The Balaban J connectivity index is 2.56. The minimum absolute atomic E-state index is 0.0263. The van der Waals surface area contributed by atoms with E-state index in [9.17, 15) is 4.79 Å². The minimum Gasteiger partial charge on any atom is -0.327 e. The van der Waals surface area contributed by atoms with Crippen LogP contribution in [-0.2, 0) is 11.2 Å². The van der Waals surface area contributed by atoms with Crippen molar-refractivity contribution in [1.82, 2.24) is 0 Å². The summed E-state index contributed by atoms with van der Waals surface area (Å²) in [5, 5.41) is 0. The summed E-state index contributed by atoms with van der Waals surface area (Å²) in [6, 6.07) is 6.31. The molecule has 0 aliphatic heterocycles. The predicted octanol–water partition coefficient (Wildman–Crippen LogP) is 2.93. The van der Waals surface area contributed by atoms with E-state index >= 15 is 0 Å². The molecule has 1 aromatic carbocycles. The average Bonchev–Trinajstić information content (AvgIpc) is 2.14. The van der Waals surface area contributed by atoms with Gasteiger partial charge in [0.05, 0.1) is 0 Å². The lowest BCUT2D eigenvalue weighted by atomic mass is 9.99. The number of carbonyl (C=O) groups is 1. The van der Waals surface area contributed by atoms with Gasteiger partial charge >= 0.3 is 0 Å². The van der Waals surface area contributed by atoms with Gasteiger partial charge in [-0.3, -0.25) is 4.79 Å². The van der Waals surface area contributed by atoms with Crippen molar-refractivity contribution in [3.05, 3.63) is 34.9 Å². The van der Waals surface area contributed by atoms with E-state index in [1.165, 1.54) is 11.1 Å². The number of hydrogen-bond donors (Lipinski definition) is 1. The van der Waals surface area contributed by atoms with Gasteiger partial charge in [0.15, 0.2) is 0 Å². The van der Waals surface area contributed by atoms with Crippen LogP contribution < -0.4 is 5.73 Å². The third-order valence-corrected chi connectivity index (χ3v) is 2.83. The highest BCUT2D eigenvalue weighted by Crippen LogP contribution is 2.11. The van der Waals surface area contributed by atoms with E-state index in [0.717, 1.165) is 18.4 Å². The van der Waals surface area contributed by atoms with E-state index in [1.54, 1.807) is 0 Å². The lowest BCUT2D eigenvalue weighted by molar-refractivity contribution is -0.118. The topological polar surface area (TPSA) is 43.1 Å². The number of ketones is 1. The number of nitrogens with two attached hydrogens (primary N) is 1. The summed E-state index contributed by atoms with van der Waals surface area (Å²) >= 11 is 0. The van der Waals surface area contributed by atoms with Crippen molar-refractivity contribution in [2.75, 3.05) is 0 Å². The Morgan fingerprint density at radius 2 is 1.82 bits per heavy atom. The van der Waals surface area contributed by atoms with Gasteiger partial charge in [-0.2, -0.15) is 0 Å². The first-order valence-electron chi connectivity index (χ1n) is 6.35. The van der Waals surface area contributed by atoms with E-state index in [1.807, 2.05) is 0 Å². The van der Waals surface area contributed by atoms with Crippen molar-refractivity contribution in [2.24, 2.45) is 5.73 Å². The summed E-state index contributed by atoms with van der Waals surface area (Å²) in [6.45, 7) is 6.21. The van der Waals surface area contributed by atoms with Crippen LogP contribution in [0, 0.1) is 13.8 Å². The summed E-state index contributed by atoms with van der Waals surface area (Å²) in [6.07, 6.45) is 2.98. The van der Waals surface area contributed by atoms with Gasteiger partial charge in [-0.15, -0.1) is 0 Å². The molecule has 2 nitrogen and oxygen atoms in total. The molecule has 94 valence electrons. The average molecular weight is 233 g/mol. The van der Waals surface area contributed by atoms with Gasteiger partial charge in [-0.25, -0.2) is 0 Å². The normalized spacial score (nSPS) is 12.5. The van der Waals surface area contributed by atoms with Crippen molar-refractivity contribution < 1.29 is 4.79 Å². The minimum atomic E-state index is 0.0263. The van der Waals surface area contributed by atoms with Crippen LogP contribution in [-0.4, -0.2) is 11.8 Å². The molecule has 0 saturated carbocycles. The Morgan fingerprint density at radius 3 is 2.35 bits per heavy atom. The number of carbonyl (C=O) groups excluding carboxylic acids is 1. The first kappa shape index (κ1) is 13.9. The first-order chi connectivity index (χ1) is 8.01. The Bertz CT molecular complexity index is 364. The van der Waals surface area contributed by atoms with Crippen LogP contribution in [0.15, 0.2) is 18.2 Å². The third-order valence-electron chi connectivity index (χ3n) is 2.83. The Kier molecular flexibility index (Phi) is 5.36. The van der Waals surface area contributed by atoms with Gasteiger partial charge in [-0.1, -0.05) is 42.7 Å². The molecule has 0 saturated heterocycles. The van der Waals surface area contributed by atoms with Crippen LogP contribution in [0.3, 0.4) is 0 Å². The fourth-order valence-corrected chi connectivity index (χ4v) is 2.24. The molecule has 0 amide bonds. The fourth-order valence-electron chi connectivity index (χ4n) is 2.24. The largest absolute Gasteiger partial charge is 0.327 e. The highest BCUT2D eigenvalue weighted by Gasteiger charge is 2.09. The number of Topliss-reactive ketones (excluding diaryl/α,β-unsaturated/α-hetero) is 1. The quantitative estimate of drug-likeness (QED) is 0.821. The SMILES string of the molecule is CCCC(N)CC(=O)Cc1cc(C)cc(C)c1. The molecule has 0 heterocycles. The second-order valence-corrected chi connectivity index (χ2v) is 4.96. The van der Waals surface area contributed by atoms with Crippen LogP contribution in [0.2, 0.25) is 0 Å². The second kappa shape index (κ2) is 6.55. The lowest BCUT2D eigenvalue weighted by Crippen LogP contribution is -2.24. The zero-order valence-corrected chi connectivity index (χ0v) is 11.1. The van der Waals surface area contributed by atoms with Crippen molar-refractivity contribution >= 4 is 5.78 Å². The van der Waals surface area contributed by atoms with E-state index in [2.05, 4.69) is 39.0 Å². The van der Waals surface area contributed by atoms with E-state index in [-0.39, 0.29) is 11.8 Å². The zero-order chi connectivity index (χ0) is 12.8. The molecule has 1 rings (SSSR count). The number of rotatable bonds is 6. The maximum absolute atomic E-state index is 11.8. The van der Waals surface area contributed by atoms with Crippen molar-refractivity contribution in [3.8, 4) is 0 Å².